The van der Waals surface area contributed by atoms with Gasteiger partial charge in [0.2, 0.25) is 0 Å². The predicted octanol–water partition coefficient (Wildman–Crippen LogP) is 2.12. The average Bonchev–Trinajstić information content (AvgIpc) is 3.03. The second kappa shape index (κ2) is 5.00. The minimum Gasteiger partial charge on any atom is -0.356 e. The van der Waals surface area contributed by atoms with Gasteiger partial charge in [0.05, 0.1) is 0 Å². The average molecular weight is 310 g/mol. The van der Waals surface area contributed by atoms with Gasteiger partial charge in [-0.15, -0.1) is 10.2 Å². The molecule has 116 valence electrons. The number of alkyl halides is 3. The molecule has 0 spiro atoms. The maximum absolute atomic E-state index is 13.0. The number of rotatable bonds is 3. The van der Waals surface area contributed by atoms with Crippen LogP contribution in [0.2, 0.25) is 0 Å². The Kier molecular flexibility index (Phi) is 3.27. The van der Waals surface area contributed by atoms with E-state index in [0.717, 1.165) is 0 Å². The molecule has 3 rings (SSSR count). The minimum absolute atomic E-state index is 0.0694. The molecule has 3 heterocycles. The van der Waals surface area contributed by atoms with Crippen LogP contribution in [0, 0.1) is 0 Å². The van der Waals surface area contributed by atoms with Crippen LogP contribution in [-0.2, 0) is 19.8 Å². The molecule has 0 saturated heterocycles. The van der Waals surface area contributed by atoms with Crippen LogP contribution in [-0.4, -0.2) is 31.4 Å². The molecule has 0 aliphatic heterocycles. The molecule has 0 fully saturated rings. The van der Waals surface area contributed by atoms with Gasteiger partial charge in [0.1, 0.15) is 12.1 Å². The first kappa shape index (κ1) is 14.4. The fourth-order valence-electron chi connectivity index (χ4n) is 2.37. The van der Waals surface area contributed by atoms with Crippen LogP contribution in [0.4, 0.5) is 19.0 Å². The van der Waals surface area contributed by atoms with Gasteiger partial charge in [0, 0.05) is 32.4 Å². The number of aromatic nitrogens is 5. The Morgan fingerprint density at radius 1 is 1.27 bits per heavy atom. The molecule has 22 heavy (non-hydrogen) atoms. The number of nitrogens with zero attached hydrogens (tertiary/aromatic N) is 6. The van der Waals surface area contributed by atoms with Crippen molar-refractivity contribution >= 4 is 11.5 Å². The molecule has 0 aliphatic rings. The molecule has 0 amide bonds. The topological polar surface area (TPSA) is 51.2 Å². The molecule has 3 aromatic rings. The summed E-state index contributed by atoms with van der Waals surface area (Å²) in [5.74, 6) is 0.694. The van der Waals surface area contributed by atoms with Crippen LogP contribution < -0.4 is 4.90 Å². The number of fused-ring (bicyclic) bond motifs is 1. The summed E-state index contributed by atoms with van der Waals surface area (Å²) in [6.45, 7) is 0.0694. The zero-order chi connectivity index (χ0) is 15.9. The summed E-state index contributed by atoms with van der Waals surface area (Å²) in [5.41, 5.74) is -0.119. The molecule has 0 N–H and O–H groups in total. The van der Waals surface area contributed by atoms with Crippen molar-refractivity contribution in [3.63, 3.8) is 0 Å². The summed E-state index contributed by atoms with van der Waals surface area (Å²) in [6.07, 6.45) is -1.57. The quantitative estimate of drug-likeness (QED) is 0.743. The zero-order valence-electron chi connectivity index (χ0n) is 11.9. The van der Waals surface area contributed by atoms with Gasteiger partial charge >= 0.3 is 6.18 Å². The molecule has 0 atom stereocenters. The first-order chi connectivity index (χ1) is 10.4. The van der Waals surface area contributed by atoms with Crippen LogP contribution in [0.1, 0.15) is 11.3 Å². The third kappa shape index (κ3) is 2.49. The Morgan fingerprint density at radius 3 is 2.77 bits per heavy atom. The Bertz CT molecular complexity index is 804. The van der Waals surface area contributed by atoms with Crippen molar-refractivity contribution in [2.75, 3.05) is 11.9 Å². The van der Waals surface area contributed by atoms with E-state index in [4.69, 9.17) is 0 Å². The summed E-state index contributed by atoms with van der Waals surface area (Å²) in [4.78, 5) is 1.70. The van der Waals surface area contributed by atoms with Gasteiger partial charge in [-0.25, -0.2) is 0 Å². The summed E-state index contributed by atoms with van der Waals surface area (Å²) >= 11 is 0. The lowest BCUT2D eigenvalue weighted by Crippen LogP contribution is -2.21. The second-order valence-corrected chi connectivity index (χ2v) is 4.97. The highest BCUT2D eigenvalue weighted by atomic mass is 19.4. The molecule has 3 aromatic heterocycles. The third-order valence-electron chi connectivity index (χ3n) is 3.28. The van der Waals surface area contributed by atoms with E-state index in [1.54, 1.807) is 34.5 Å². The van der Waals surface area contributed by atoms with Crippen molar-refractivity contribution in [1.82, 2.24) is 24.4 Å². The predicted molar refractivity (Wildman–Crippen MR) is 73.3 cm³/mol. The second-order valence-electron chi connectivity index (χ2n) is 4.97. The maximum Gasteiger partial charge on any atom is 0.435 e. The summed E-state index contributed by atoms with van der Waals surface area (Å²) in [7, 11) is 3.18. The molecule has 9 heteroatoms. The van der Waals surface area contributed by atoms with E-state index >= 15 is 0 Å². The maximum atomic E-state index is 13.0. The first-order valence-electron chi connectivity index (χ1n) is 6.46. The van der Waals surface area contributed by atoms with Gasteiger partial charge in [-0.2, -0.15) is 18.3 Å². The van der Waals surface area contributed by atoms with Crippen LogP contribution in [0.25, 0.3) is 5.65 Å². The monoisotopic (exact) mass is 310 g/mol. The van der Waals surface area contributed by atoms with E-state index < -0.39 is 11.9 Å². The number of hydrogen-bond acceptors (Lipinski definition) is 4. The molecular formula is C13H13F3N6. The lowest BCUT2D eigenvalue weighted by Gasteiger charge is -2.20. The van der Waals surface area contributed by atoms with Gasteiger partial charge in [-0.05, 0) is 12.1 Å². The molecule has 0 aliphatic carbocycles. The molecule has 0 bridgehead atoms. The first-order valence-corrected chi connectivity index (χ1v) is 6.46. The van der Waals surface area contributed by atoms with Gasteiger partial charge in [0.15, 0.2) is 11.3 Å². The number of pyridine rings is 1. The standard InChI is InChI=1S/C13H13F3N6/c1-20(11-5-3-4-10-18-17-8-22(10)11)6-9-7-21(2)19-12(9)13(14,15)16/h3-5,7-8H,6H2,1-2H3. The Morgan fingerprint density at radius 2 is 2.05 bits per heavy atom. The Balaban J connectivity index is 1.95. The molecular weight excluding hydrogens is 297 g/mol. The summed E-state index contributed by atoms with van der Waals surface area (Å²) in [5, 5.41) is 11.2. The van der Waals surface area contributed by atoms with Crippen LogP contribution in [0.5, 0.6) is 0 Å². The van der Waals surface area contributed by atoms with E-state index in [1.807, 2.05) is 0 Å². The van der Waals surface area contributed by atoms with E-state index in [1.165, 1.54) is 24.3 Å². The smallest absolute Gasteiger partial charge is 0.356 e. The van der Waals surface area contributed by atoms with E-state index in [2.05, 4.69) is 15.3 Å². The number of anilines is 1. The van der Waals surface area contributed by atoms with E-state index in [9.17, 15) is 13.2 Å². The lowest BCUT2D eigenvalue weighted by atomic mass is 10.2. The van der Waals surface area contributed by atoms with Crippen molar-refractivity contribution < 1.29 is 13.2 Å². The van der Waals surface area contributed by atoms with Gasteiger partial charge in [-0.3, -0.25) is 9.08 Å². The van der Waals surface area contributed by atoms with Crippen molar-refractivity contribution in [3.8, 4) is 0 Å². The fraction of sp³-hybridized carbons (Fsp3) is 0.308. The van der Waals surface area contributed by atoms with Crippen LogP contribution in [0.15, 0.2) is 30.7 Å². The largest absolute Gasteiger partial charge is 0.435 e. The summed E-state index contributed by atoms with van der Waals surface area (Å²) in [6, 6.07) is 5.35. The molecule has 0 radical (unpaired) electrons. The van der Waals surface area contributed by atoms with Crippen LogP contribution >= 0.6 is 0 Å². The van der Waals surface area contributed by atoms with Gasteiger partial charge in [0.25, 0.3) is 0 Å². The lowest BCUT2D eigenvalue weighted by molar-refractivity contribution is -0.142. The molecule has 0 saturated carbocycles. The SMILES string of the molecule is CN(Cc1cn(C)nc1C(F)(F)F)c1cccc2nncn12. The van der Waals surface area contributed by atoms with Crippen molar-refractivity contribution in [2.24, 2.45) is 7.05 Å². The Hall–Kier alpha value is -2.58. The summed E-state index contributed by atoms with van der Waals surface area (Å²) < 4.78 is 41.9. The minimum atomic E-state index is -4.47. The van der Waals surface area contributed by atoms with Crippen molar-refractivity contribution in [3.05, 3.63) is 42.0 Å². The third-order valence-corrected chi connectivity index (χ3v) is 3.28. The van der Waals surface area contributed by atoms with Crippen molar-refractivity contribution in [1.29, 1.82) is 0 Å². The van der Waals surface area contributed by atoms with Gasteiger partial charge in [-0.1, -0.05) is 6.07 Å². The fourth-order valence-corrected chi connectivity index (χ4v) is 2.37. The van der Waals surface area contributed by atoms with Crippen LogP contribution in [0.3, 0.4) is 0 Å². The molecule has 6 nitrogen and oxygen atoms in total. The number of aryl methyl sites for hydroxylation is 1. The van der Waals surface area contributed by atoms with Crippen molar-refractivity contribution in [2.45, 2.75) is 12.7 Å². The number of hydrogen-bond donors (Lipinski definition) is 0. The normalized spacial score (nSPS) is 12.0. The highest BCUT2D eigenvalue weighted by molar-refractivity contribution is 5.50. The zero-order valence-corrected chi connectivity index (χ0v) is 11.9. The number of halogens is 3. The molecule has 0 unspecified atom stereocenters. The molecule has 0 aromatic carbocycles. The highest BCUT2D eigenvalue weighted by Gasteiger charge is 2.37. The highest BCUT2D eigenvalue weighted by Crippen LogP contribution is 2.31. The van der Waals surface area contributed by atoms with E-state index in [0.29, 0.717) is 11.5 Å². The van der Waals surface area contributed by atoms with Gasteiger partial charge < -0.3 is 4.90 Å². The van der Waals surface area contributed by atoms with E-state index in [-0.39, 0.29) is 12.1 Å². The Labute approximate surface area is 123 Å².